The van der Waals surface area contributed by atoms with E-state index in [1.165, 1.54) is 10.8 Å². The second-order valence-corrected chi connectivity index (χ2v) is 6.69. The SMILES string of the molecule is Cc1c(NC(=O)C=Cc2cccc(Cl)c2Cl)c(=O)n(-c2ccccc2)n1C. The van der Waals surface area contributed by atoms with Gasteiger partial charge in [0.2, 0.25) is 5.91 Å². The summed E-state index contributed by atoms with van der Waals surface area (Å²) in [6, 6.07) is 14.4. The van der Waals surface area contributed by atoms with E-state index in [2.05, 4.69) is 5.32 Å². The summed E-state index contributed by atoms with van der Waals surface area (Å²) < 4.78 is 3.20. The average molecular weight is 402 g/mol. The first-order valence-electron chi connectivity index (χ1n) is 8.17. The molecule has 0 bridgehead atoms. The van der Waals surface area contributed by atoms with Crippen LogP contribution in [0, 0.1) is 6.92 Å². The van der Waals surface area contributed by atoms with Gasteiger partial charge < -0.3 is 5.32 Å². The van der Waals surface area contributed by atoms with Crippen molar-refractivity contribution in [3.05, 3.63) is 86.3 Å². The molecule has 0 saturated carbocycles. The monoisotopic (exact) mass is 401 g/mol. The van der Waals surface area contributed by atoms with Gasteiger partial charge in [-0.25, -0.2) is 4.68 Å². The van der Waals surface area contributed by atoms with Gasteiger partial charge in [-0.3, -0.25) is 14.3 Å². The maximum Gasteiger partial charge on any atom is 0.295 e. The summed E-state index contributed by atoms with van der Waals surface area (Å²) in [6.45, 7) is 1.77. The number of nitrogens with zero attached hydrogens (tertiary/aromatic N) is 2. The van der Waals surface area contributed by atoms with E-state index in [9.17, 15) is 9.59 Å². The van der Waals surface area contributed by atoms with Crippen LogP contribution in [0.25, 0.3) is 11.8 Å². The average Bonchev–Trinajstić information content (AvgIpc) is 2.87. The standard InChI is InChI=1S/C20H17Cl2N3O2/c1-13-19(20(27)25(24(13)2)15-8-4-3-5-9-15)23-17(26)12-11-14-7-6-10-16(21)18(14)22/h3-12H,1-2H3,(H,23,26). The van der Waals surface area contributed by atoms with Crippen LogP contribution in [0.2, 0.25) is 10.0 Å². The van der Waals surface area contributed by atoms with Gasteiger partial charge in [0.15, 0.2) is 0 Å². The molecule has 0 spiro atoms. The number of anilines is 1. The summed E-state index contributed by atoms with van der Waals surface area (Å²) in [5.41, 5.74) is 1.91. The topological polar surface area (TPSA) is 56.0 Å². The molecule has 0 aliphatic heterocycles. The Morgan fingerprint density at radius 2 is 1.78 bits per heavy atom. The summed E-state index contributed by atoms with van der Waals surface area (Å²) in [6.07, 6.45) is 2.87. The molecule has 1 aromatic heterocycles. The molecule has 0 aliphatic carbocycles. The second-order valence-electron chi connectivity index (χ2n) is 5.90. The molecule has 7 heteroatoms. The molecule has 3 aromatic rings. The summed E-state index contributed by atoms with van der Waals surface area (Å²) in [5.74, 6) is -0.433. The van der Waals surface area contributed by atoms with E-state index in [1.54, 1.807) is 42.9 Å². The molecule has 0 radical (unpaired) electrons. The zero-order valence-electron chi connectivity index (χ0n) is 14.7. The van der Waals surface area contributed by atoms with E-state index >= 15 is 0 Å². The largest absolute Gasteiger partial charge is 0.316 e. The number of rotatable bonds is 4. The molecule has 0 saturated heterocycles. The highest BCUT2D eigenvalue weighted by molar-refractivity contribution is 6.42. The molecule has 1 amide bonds. The summed E-state index contributed by atoms with van der Waals surface area (Å²) in [4.78, 5) is 25.1. The molecule has 5 nitrogen and oxygen atoms in total. The Hall–Kier alpha value is -2.76. The minimum atomic E-state index is -0.433. The smallest absolute Gasteiger partial charge is 0.295 e. The molecule has 2 aromatic carbocycles. The fourth-order valence-electron chi connectivity index (χ4n) is 2.69. The summed E-state index contributed by atoms with van der Waals surface area (Å²) in [7, 11) is 1.76. The maximum absolute atomic E-state index is 12.8. The zero-order chi connectivity index (χ0) is 19.6. The van der Waals surface area contributed by atoms with Crippen molar-refractivity contribution >= 4 is 40.9 Å². The van der Waals surface area contributed by atoms with Gasteiger partial charge in [0.1, 0.15) is 5.69 Å². The Morgan fingerprint density at radius 1 is 1.07 bits per heavy atom. The molecule has 1 N–H and O–H groups in total. The fourth-order valence-corrected chi connectivity index (χ4v) is 3.06. The fraction of sp³-hybridized carbons (Fsp3) is 0.100. The van der Waals surface area contributed by atoms with Gasteiger partial charge in [-0.05, 0) is 36.8 Å². The van der Waals surface area contributed by atoms with Crippen molar-refractivity contribution in [2.75, 3.05) is 5.32 Å². The van der Waals surface area contributed by atoms with Gasteiger partial charge in [0, 0.05) is 13.1 Å². The lowest BCUT2D eigenvalue weighted by molar-refractivity contribution is -0.111. The highest BCUT2D eigenvalue weighted by Gasteiger charge is 2.17. The van der Waals surface area contributed by atoms with Gasteiger partial charge in [-0.2, -0.15) is 0 Å². The van der Waals surface area contributed by atoms with Crippen LogP contribution in [0.1, 0.15) is 11.3 Å². The van der Waals surface area contributed by atoms with Crippen LogP contribution < -0.4 is 10.9 Å². The normalized spacial score (nSPS) is 11.1. The van der Waals surface area contributed by atoms with Crippen molar-refractivity contribution in [3.63, 3.8) is 0 Å². The lowest BCUT2D eigenvalue weighted by Crippen LogP contribution is -2.22. The molecule has 0 fully saturated rings. The minimum Gasteiger partial charge on any atom is -0.316 e. The summed E-state index contributed by atoms with van der Waals surface area (Å²) >= 11 is 12.1. The molecule has 27 heavy (non-hydrogen) atoms. The predicted molar refractivity (Wildman–Crippen MR) is 110 cm³/mol. The third kappa shape index (κ3) is 3.84. The van der Waals surface area contributed by atoms with E-state index in [4.69, 9.17) is 23.2 Å². The van der Waals surface area contributed by atoms with Gasteiger partial charge in [-0.15, -0.1) is 0 Å². The number of halogens is 2. The van der Waals surface area contributed by atoms with Gasteiger partial charge in [0.05, 0.1) is 21.4 Å². The predicted octanol–water partition coefficient (Wildman–Crippen LogP) is 4.44. The van der Waals surface area contributed by atoms with E-state index in [0.717, 1.165) is 5.69 Å². The molecule has 0 unspecified atom stereocenters. The Morgan fingerprint density at radius 3 is 2.48 bits per heavy atom. The Bertz CT molecular complexity index is 1080. The number of para-hydroxylation sites is 1. The van der Waals surface area contributed by atoms with Gasteiger partial charge in [-0.1, -0.05) is 53.5 Å². The van der Waals surface area contributed by atoms with Crippen LogP contribution in [0.3, 0.4) is 0 Å². The van der Waals surface area contributed by atoms with Crippen LogP contribution in [0.15, 0.2) is 59.4 Å². The number of carbonyl (C=O) groups is 1. The Kier molecular flexibility index (Phi) is 5.54. The van der Waals surface area contributed by atoms with Crippen molar-refractivity contribution in [1.82, 2.24) is 9.36 Å². The first-order chi connectivity index (χ1) is 12.9. The molecular weight excluding hydrogens is 385 g/mol. The third-order valence-corrected chi connectivity index (χ3v) is 5.03. The highest BCUT2D eigenvalue weighted by atomic mass is 35.5. The number of hydrogen-bond donors (Lipinski definition) is 1. The van der Waals surface area contributed by atoms with Crippen LogP contribution in [-0.4, -0.2) is 15.3 Å². The number of aromatic nitrogens is 2. The van der Waals surface area contributed by atoms with Gasteiger partial charge in [0.25, 0.3) is 5.56 Å². The number of carbonyl (C=O) groups excluding carboxylic acids is 1. The first-order valence-corrected chi connectivity index (χ1v) is 8.93. The molecular formula is C20H17Cl2N3O2. The van der Waals surface area contributed by atoms with Crippen molar-refractivity contribution in [1.29, 1.82) is 0 Å². The van der Waals surface area contributed by atoms with Crippen molar-refractivity contribution in [2.45, 2.75) is 6.92 Å². The molecule has 0 aliphatic rings. The van der Waals surface area contributed by atoms with E-state index in [1.807, 2.05) is 30.3 Å². The summed E-state index contributed by atoms with van der Waals surface area (Å²) in [5, 5.41) is 3.43. The Labute approximate surface area is 166 Å². The Balaban J connectivity index is 1.88. The maximum atomic E-state index is 12.8. The quantitative estimate of drug-likeness (QED) is 0.656. The van der Waals surface area contributed by atoms with Crippen LogP contribution in [-0.2, 0) is 11.8 Å². The van der Waals surface area contributed by atoms with E-state index in [-0.39, 0.29) is 11.2 Å². The zero-order valence-corrected chi connectivity index (χ0v) is 16.3. The second kappa shape index (κ2) is 7.86. The van der Waals surface area contributed by atoms with Crippen molar-refractivity contribution in [2.24, 2.45) is 7.05 Å². The number of benzene rings is 2. The first kappa shape index (κ1) is 19.0. The highest BCUT2D eigenvalue weighted by Crippen LogP contribution is 2.26. The molecule has 1 heterocycles. The lowest BCUT2D eigenvalue weighted by Gasteiger charge is -2.07. The third-order valence-electron chi connectivity index (χ3n) is 4.20. The van der Waals surface area contributed by atoms with Gasteiger partial charge >= 0.3 is 0 Å². The number of amides is 1. The number of hydrogen-bond acceptors (Lipinski definition) is 2. The van der Waals surface area contributed by atoms with Crippen molar-refractivity contribution in [3.8, 4) is 5.69 Å². The van der Waals surface area contributed by atoms with Crippen LogP contribution in [0.5, 0.6) is 0 Å². The van der Waals surface area contributed by atoms with E-state index < -0.39 is 5.91 Å². The molecule has 138 valence electrons. The molecule has 0 atom stereocenters. The van der Waals surface area contributed by atoms with Crippen molar-refractivity contribution < 1.29 is 4.79 Å². The minimum absolute atomic E-state index is 0.230. The molecule has 3 rings (SSSR count). The van der Waals surface area contributed by atoms with Crippen LogP contribution >= 0.6 is 23.2 Å². The van der Waals surface area contributed by atoms with Crippen LogP contribution in [0.4, 0.5) is 5.69 Å². The number of nitrogens with one attached hydrogen (secondary N) is 1. The lowest BCUT2D eigenvalue weighted by atomic mass is 10.2. The van der Waals surface area contributed by atoms with E-state index in [0.29, 0.717) is 21.3 Å².